The Morgan fingerprint density at radius 1 is 1.14 bits per heavy atom. The van der Waals surface area contributed by atoms with Gasteiger partial charge in [-0.2, -0.15) is 0 Å². The van der Waals surface area contributed by atoms with Gasteiger partial charge in [-0.3, -0.25) is 4.90 Å². The van der Waals surface area contributed by atoms with Gasteiger partial charge in [0.2, 0.25) is 0 Å². The predicted octanol–water partition coefficient (Wildman–Crippen LogP) is 1.78. The van der Waals surface area contributed by atoms with Gasteiger partial charge in [-0.15, -0.1) is 0 Å². The van der Waals surface area contributed by atoms with E-state index in [0.29, 0.717) is 11.3 Å². The van der Waals surface area contributed by atoms with Gasteiger partial charge >= 0.3 is 6.09 Å². The Balaban J connectivity index is 1.29. The third kappa shape index (κ3) is 2.21. The van der Waals surface area contributed by atoms with Crippen molar-refractivity contribution >= 4 is 6.09 Å². The Kier molecular flexibility index (Phi) is 2.94. The normalized spacial score (nSPS) is 34.5. The Morgan fingerprint density at radius 2 is 1.81 bits per heavy atom. The van der Waals surface area contributed by atoms with E-state index in [4.69, 9.17) is 9.47 Å². The Morgan fingerprint density at radius 3 is 2.48 bits per heavy atom. The molecule has 5 rings (SSSR count). The van der Waals surface area contributed by atoms with Crippen molar-refractivity contribution in [2.45, 2.75) is 30.3 Å². The van der Waals surface area contributed by atoms with E-state index in [1.165, 1.54) is 0 Å². The van der Waals surface area contributed by atoms with Gasteiger partial charge in [0.25, 0.3) is 0 Å². The summed E-state index contributed by atoms with van der Waals surface area (Å²) >= 11 is 0. The lowest BCUT2D eigenvalue weighted by atomic mass is 9.43. The number of para-hydroxylation sites is 1. The molecule has 4 aliphatic rings. The fourth-order valence-electron chi connectivity index (χ4n) is 4.08. The summed E-state index contributed by atoms with van der Waals surface area (Å²) in [6.45, 7) is 3.70. The Hall–Kier alpha value is -1.59. The smallest absolute Gasteiger partial charge is 0.410 e. The second-order valence-electron chi connectivity index (χ2n) is 6.46. The molecule has 0 atom stereocenters. The van der Waals surface area contributed by atoms with Crippen molar-refractivity contribution < 1.29 is 14.3 Å². The molecule has 5 nitrogen and oxygen atoms in total. The van der Waals surface area contributed by atoms with Crippen molar-refractivity contribution in [2.24, 2.45) is 0 Å². The van der Waals surface area contributed by atoms with Crippen LogP contribution in [0.4, 0.5) is 4.79 Å². The highest BCUT2D eigenvalue weighted by Crippen LogP contribution is 2.63. The molecule has 1 aliphatic heterocycles. The lowest BCUT2D eigenvalue weighted by molar-refractivity contribution is -0.192. The summed E-state index contributed by atoms with van der Waals surface area (Å²) in [5.41, 5.74) is 0.300. The van der Waals surface area contributed by atoms with E-state index in [2.05, 4.69) is 10.2 Å². The third-order valence-electron chi connectivity index (χ3n) is 5.01. The van der Waals surface area contributed by atoms with E-state index in [9.17, 15) is 4.79 Å². The summed E-state index contributed by atoms with van der Waals surface area (Å²) in [4.78, 5) is 14.5. The molecule has 1 aromatic carbocycles. The minimum absolute atomic E-state index is 0.0236. The zero-order chi connectivity index (χ0) is 14.3. The van der Waals surface area contributed by atoms with Crippen LogP contribution in [0.2, 0.25) is 0 Å². The standard InChI is InChI=1S/C16H20N2O3/c19-14(21-13-4-2-1-3-5-13)17-15-10-16(11-15,12-15)18-6-8-20-9-7-18/h1-5H,6-12H2,(H,17,19). The van der Waals surface area contributed by atoms with E-state index in [1.54, 1.807) is 12.1 Å². The number of carbonyl (C=O) groups excluding carboxylic acids is 1. The fraction of sp³-hybridized carbons (Fsp3) is 0.562. The number of rotatable bonds is 3. The molecule has 0 spiro atoms. The van der Waals surface area contributed by atoms with Gasteiger partial charge in [0.15, 0.2) is 0 Å². The van der Waals surface area contributed by atoms with Crippen molar-refractivity contribution in [1.82, 2.24) is 10.2 Å². The number of amides is 1. The summed E-state index contributed by atoms with van der Waals surface area (Å²) in [5.74, 6) is 0.587. The zero-order valence-electron chi connectivity index (χ0n) is 12.0. The maximum atomic E-state index is 12.0. The summed E-state index contributed by atoms with van der Waals surface area (Å²) in [6.07, 6.45) is 2.80. The second-order valence-corrected chi connectivity index (χ2v) is 6.46. The molecule has 0 aromatic heterocycles. The molecule has 3 aliphatic carbocycles. The maximum absolute atomic E-state index is 12.0. The van der Waals surface area contributed by atoms with Gasteiger partial charge in [-0.1, -0.05) is 18.2 Å². The third-order valence-corrected chi connectivity index (χ3v) is 5.01. The van der Waals surface area contributed by atoms with Crippen LogP contribution in [0.3, 0.4) is 0 Å². The monoisotopic (exact) mass is 288 g/mol. The van der Waals surface area contributed by atoms with E-state index in [0.717, 1.165) is 45.6 Å². The van der Waals surface area contributed by atoms with Crippen LogP contribution in [-0.2, 0) is 4.74 Å². The van der Waals surface area contributed by atoms with Crippen molar-refractivity contribution in [3.8, 4) is 5.75 Å². The van der Waals surface area contributed by atoms with Crippen LogP contribution >= 0.6 is 0 Å². The number of nitrogens with zero attached hydrogens (tertiary/aromatic N) is 1. The molecule has 112 valence electrons. The SMILES string of the molecule is O=C(NC12CC(N3CCOCC3)(C1)C2)Oc1ccccc1. The highest BCUT2D eigenvalue weighted by molar-refractivity contribution is 5.72. The van der Waals surface area contributed by atoms with Crippen LogP contribution in [0.15, 0.2) is 30.3 Å². The molecule has 3 saturated carbocycles. The molecule has 1 amide bonds. The molecule has 5 heteroatoms. The lowest BCUT2D eigenvalue weighted by Crippen LogP contribution is -2.84. The molecule has 1 saturated heterocycles. The summed E-state index contributed by atoms with van der Waals surface area (Å²) in [7, 11) is 0. The van der Waals surface area contributed by atoms with Gasteiger partial charge in [0.1, 0.15) is 5.75 Å². The largest absolute Gasteiger partial charge is 0.413 e. The van der Waals surface area contributed by atoms with Crippen LogP contribution in [0.5, 0.6) is 5.75 Å². The molecule has 4 fully saturated rings. The van der Waals surface area contributed by atoms with Crippen molar-refractivity contribution in [3.05, 3.63) is 30.3 Å². The fourth-order valence-corrected chi connectivity index (χ4v) is 4.08. The predicted molar refractivity (Wildman–Crippen MR) is 77.3 cm³/mol. The number of morpholine rings is 1. The topological polar surface area (TPSA) is 50.8 Å². The van der Waals surface area contributed by atoms with E-state index < -0.39 is 0 Å². The molecule has 21 heavy (non-hydrogen) atoms. The summed E-state index contributed by atoms with van der Waals surface area (Å²) in [6, 6.07) is 9.19. The number of hydrogen-bond acceptors (Lipinski definition) is 4. The van der Waals surface area contributed by atoms with Gasteiger partial charge in [0, 0.05) is 24.2 Å². The first-order valence-electron chi connectivity index (χ1n) is 7.58. The quantitative estimate of drug-likeness (QED) is 0.921. The average Bonchev–Trinajstić information content (AvgIpc) is 2.43. The molecular formula is C16H20N2O3. The molecule has 2 bridgehead atoms. The Bertz CT molecular complexity index is 520. The zero-order valence-corrected chi connectivity index (χ0v) is 12.0. The van der Waals surface area contributed by atoms with Crippen LogP contribution in [0.1, 0.15) is 19.3 Å². The lowest BCUT2D eigenvalue weighted by Gasteiger charge is -2.73. The number of nitrogens with one attached hydrogen (secondary N) is 1. The number of carbonyl (C=O) groups is 1. The minimum atomic E-state index is -0.337. The van der Waals surface area contributed by atoms with Gasteiger partial charge in [-0.05, 0) is 31.4 Å². The minimum Gasteiger partial charge on any atom is -0.410 e. The van der Waals surface area contributed by atoms with Crippen LogP contribution in [0, 0.1) is 0 Å². The number of hydrogen-bond donors (Lipinski definition) is 1. The first kappa shape index (κ1) is 13.1. The molecule has 1 N–H and O–H groups in total. The number of ether oxygens (including phenoxy) is 2. The second kappa shape index (κ2) is 4.71. The first-order chi connectivity index (χ1) is 10.2. The molecule has 1 heterocycles. The number of benzene rings is 1. The average molecular weight is 288 g/mol. The van der Waals surface area contributed by atoms with Crippen LogP contribution < -0.4 is 10.1 Å². The van der Waals surface area contributed by atoms with Crippen molar-refractivity contribution in [1.29, 1.82) is 0 Å². The summed E-state index contributed by atoms with van der Waals surface area (Å²) < 4.78 is 10.7. The molecule has 0 unspecified atom stereocenters. The van der Waals surface area contributed by atoms with Crippen LogP contribution in [-0.4, -0.2) is 48.4 Å². The van der Waals surface area contributed by atoms with E-state index >= 15 is 0 Å². The molecule has 0 radical (unpaired) electrons. The van der Waals surface area contributed by atoms with Gasteiger partial charge in [0.05, 0.1) is 13.2 Å². The van der Waals surface area contributed by atoms with Gasteiger partial charge in [-0.25, -0.2) is 4.79 Å². The van der Waals surface area contributed by atoms with Crippen molar-refractivity contribution in [2.75, 3.05) is 26.3 Å². The Labute approximate surface area is 124 Å². The highest BCUT2D eigenvalue weighted by atomic mass is 16.6. The summed E-state index contributed by atoms with van der Waals surface area (Å²) in [5, 5.41) is 3.05. The van der Waals surface area contributed by atoms with Crippen LogP contribution in [0.25, 0.3) is 0 Å². The highest BCUT2D eigenvalue weighted by Gasteiger charge is 2.70. The van der Waals surface area contributed by atoms with E-state index in [1.807, 2.05) is 18.2 Å². The first-order valence-corrected chi connectivity index (χ1v) is 7.58. The maximum Gasteiger partial charge on any atom is 0.413 e. The van der Waals surface area contributed by atoms with Gasteiger partial charge < -0.3 is 14.8 Å². The van der Waals surface area contributed by atoms with E-state index in [-0.39, 0.29) is 11.6 Å². The molecule has 1 aromatic rings. The van der Waals surface area contributed by atoms with Crippen molar-refractivity contribution in [3.63, 3.8) is 0 Å². The molecular weight excluding hydrogens is 268 g/mol.